The molecule has 0 N–H and O–H groups in total. The van der Waals surface area contributed by atoms with Crippen molar-refractivity contribution in [1.29, 1.82) is 0 Å². The number of nitrogens with zero attached hydrogens (tertiary/aromatic N) is 5. The standard InChI is InChI=1S/C16H15N5O2S2/c1-9-11(6-7-22-9)14-18-19-16(21(14)3)25-10(2)15-17-13(20-23-15)12-5-4-8-24-12/h4-8,10H,1-3H3. The van der Waals surface area contributed by atoms with E-state index in [0.717, 1.165) is 27.2 Å². The normalized spacial score (nSPS) is 12.6. The fourth-order valence-corrected chi connectivity index (χ4v) is 3.88. The van der Waals surface area contributed by atoms with E-state index in [2.05, 4.69) is 20.3 Å². The van der Waals surface area contributed by atoms with E-state index < -0.39 is 0 Å². The molecule has 0 bridgehead atoms. The minimum Gasteiger partial charge on any atom is -0.469 e. The van der Waals surface area contributed by atoms with Crippen molar-refractivity contribution in [3.05, 3.63) is 41.5 Å². The predicted octanol–water partition coefficient (Wildman–Crippen LogP) is 4.35. The number of rotatable bonds is 5. The van der Waals surface area contributed by atoms with Crippen LogP contribution in [0.3, 0.4) is 0 Å². The fraction of sp³-hybridized carbons (Fsp3) is 0.250. The van der Waals surface area contributed by atoms with Crippen LogP contribution in [0.15, 0.2) is 43.9 Å². The Morgan fingerprint density at radius 2 is 2.16 bits per heavy atom. The molecule has 0 radical (unpaired) electrons. The average molecular weight is 373 g/mol. The van der Waals surface area contributed by atoms with Crippen molar-refractivity contribution in [1.82, 2.24) is 24.9 Å². The zero-order valence-corrected chi connectivity index (χ0v) is 15.5. The third kappa shape index (κ3) is 3.00. The smallest absolute Gasteiger partial charge is 0.240 e. The first kappa shape index (κ1) is 16.1. The highest BCUT2D eigenvalue weighted by molar-refractivity contribution is 7.99. The van der Waals surface area contributed by atoms with Gasteiger partial charge in [-0.3, -0.25) is 0 Å². The lowest BCUT2D eigenvalue weighted by Crippen LogP contribution is -1.97. The molecule has 4 aromatic rings. The van der Waals surface area contributed by atoms with Crippen LogP contribution in [0.5, 0.6) is 0 Å². The fourth-order valence-electron chi connectivity index (χ4n) is 2.38. The molecule has 4 aromatic heterocycles. The van der Waals surface area contributed by atoms with Crippen molar-refractivity contribution >= 4 is 23.1 Å². The SMILES string of the molecule is Cc1occc1-c1nnc(SC(C)c2nc(-c3cccs3)no2)n1C. The molecule has 4 heterocycles. The van der Waals surface area contributed by atoms with Crippen molar-refractivity contribution in [2.24, 2.45) is 7.05 Å². The number of aryl methyl sites for hydroxylation is 1. The van der Waals surface area contributed by atoms with Gasteiger partial charge in [0.15, 0.2) is 11.0 Å². The third-order valence-corrected chi connectivity index (χ3v) is 5.74. The Morgan fingerprint density at radius 1 is 1.28 bits per heavy atom. The molecule has 128 valence electrons. The first-order valence-electron chi connectivity index (χ1n) is 7.61. The van der Waals surface area contributed by atoms with Gasteiger partial charge >= 0.3 is 0 Å². The Bertz CT molecular complexity index is 986. The summed E-state index contributed by atoms with van der Waals surface area (Å²) in [6, 6.07) is 5.83. The summed E-state index contributed by atoms with van der Waals surface area (Å²) >= 11 is 3.11. The molecule has 0 saturated heterocycles. The molecule has 25 heavy (non-hydrogen) atoms. The maximum Gasteiger partial charge on any atom is 0.240 e. The van der Waals surface area contributed by atoms with Gasteiger partial charge in [-0.2, -0.15) is 4.98 Å². The second kappa shape index (κ2) is 6.49. The van der Waals surface area contributed by atoms with Crippen LogP contribution in [0.4, 0.5) is 0 Å². The Hall–Kier alpha value is -2.39. The number of aromatic nitrogens is 5. The summed E-state index contributed by atoms with van der Waals surface area (Å²) in [7, 11) is 1.93. The number of hydrogen-bond donors (Lipinski definition) is 0. The van der Waals surface area contributed by atoms with E-state index in [1.807, 2.05) is 49.0 Å². The minimum atomic E-state index is -0.0394. The van der Waals surface area contributed by atoms with Crippen molar-refractivity contribution in [2.75, 3.05) is 0 Å². The predicted molar refractivity (Wildman–Crippen MR) is 95.3 cm³/mol. The lowest BCUT2D eigenvalue weighted by Gasteiger charge is -2.06. The molecule has 4 rings (SSSR count). The van der Waals surface area contributed by atoms with Crippen LogP contribution in [0.2, 0.25) is 0 Å². The van der Waals surface area contributed by atoms with Crippen LogP contribution >= 0.6 is 23.1 Å². The Kier molecular flexibility index (Phi) is 4.18. The maximum atomic E-state index is 5.41. The molecule has 9 heteroatoms. The first-order chi connectivity index (χ1) is 12.1. The number of thiophene rings is 1. The topological polar surface area (TPSA) is 82.8 Å². The summed E-state index contributed by atoms with van der Waals surface area (Å²) in [5.74, 6) is 2.77. The molecule has 1 atom stereocenters. The first-order valence-corrected chi connectivity index (χ1v) is 9.37. The molecule has 0 amide bonds. The monoisotopic (exact) mass is 373 g/mol. The molecule has 0 saturated carbocycles. The van der Waals surface area contributed by atoms with Gasteiger partial charge in [-0.25, -0.2) is 0 Å². The highest BCUT2D eigenvalue weighted by atomic mass is 32.2. The van der Waals surface area contributed by atoms with Crippen LogP contribution in [0.25, 0.3) is 22.1 Å². The summed E-state index contributed by atoms with van der Waals surface area (Å²) in [5, 5.41) is 15.3. The van der Waals surface area contributed by atoms with Crippen LogP contribution in [0.1, 0.15) is 23.8 Å². The molecular weight excluding hydrogens is 358 g/mol. The van der Waals surface area contributed by atoms with Gasteiger partial charge in [0.05, 0.1) is 22.0 Å². The molecule has 0 aliphatic rings. The van der Waals surface area contributed by atoms with E-state index in [4.69, 9.17) is 8.94 Å². The van der Waals surface area contributed by atoms with Gasteiger partial charge in [-0.05, 0) is 31.4 Å². The summed E-state index contributed by atoms with van der Waals surface area (Å²) in [4.78, 5) is 5.48. The lowest BCUT2D eigenvalue weighted by molar-refractivity contribution is 0.380. The molecule has 0 fully saturated rings. The van der Waals surface area contributed by atoms with E-state index in [-0.39, 0.29) is 5.25 Å². The van der Waals surface area contributed by atoms with Crippen molar-refractivity contribution in [2.45, 2.75) is 24.3 Å². The van der Waals surface area contributed by atoms with E-state index >= 15 is 0 Å². The number of hydrogen-bond acceptors (Lipinski definition) is 8. The second-order valence-electron chi connectivity index (χ2n) is 5.45. The Balaban J connectivity index is 1.55. The largest absolute Gasteiger partial charge is 0.469 e. The van der Waals surface area contributed by atoms with E-state index in [9.17, 15) is 0 Å². The van der Waals surface area contributed by atoms with Gasteiger partial charge in [-0.15, -0.1) is 21.5 Å². The summed E-state index contributed by atoms with van der Waals surface area (Å²) < 4.78 is 12.7. The Labute approximate surface area is 152 Å². The van der Waals surface area contributed by atoms with Gasteiger partial charge in [0, 0.05) is 7.05 Å². The van der Waals surface area contributed by atoms with Gasteiger partial charge in [0.25, 0.3) is 0 Å². The van der Waals surface area contributed by atoms with E-state index in [1.54, 1.807) is 17.6 Å². The zero-order chi connectivity index (χ0) is 17.4. The van der Waals surface area contributed by atoms with Crippen LogP contribution in [-0.4, -0.2) is 24.9 Å². The Morgan fingerprint density at radius 3 is 2.88 bits per heavy atom. The molecule has 1 unspecified atom stereocenters. The number of furan rings is 1. The van der Waals surface area contributed by atoms with Crippen molar-refractivity contribution < 1.29 is 8.94 Å². The summed E-state index contributed by atoms with van der Waals surface area (Å²) in [6.07, 6.45) is 1.65. The van der Waals surface area contributed by atoms with Crippen LogP contribution in [0, 0.1) is 6.92 Å². The average Bonchev–Trinajstić information content (AvgIpc) is 3.35. The van der Waals surface area contributed by atoms with Crippen molar-refractivity contribution in [3.8, 4) is 22.1 Å². The maximum absolute atomic E-state index is 5.41. The highest BCUT2D eigenvalue weighted by Gasteiger charge is 2.21. The lowest BCUT2D eigenvalue weighted by atomic mass is 10.2. The van der Waals surface area contributed by atoms with Gasteiger partial charge < -0.3 is 13.5 Å². The number of thioether (sulfide) groups is 1. The van der Waals surface area contributed by atoms with Gasteiger partial charge in [0.1, 0.15) is 5.76 Å². The molecule has 0 aliphatic heterocycles. The van der Waals surface area contributed by atoms with Gasteiger partial charge in [-0.1, -0.05) is 23.0 Å². The summed E-state index contributed by atoms with van der Waals surface area (Å²) in [6.45, 7) is 3.91. The third-order valence-electron chi connectivity index (χ3n) is 3.75. The minimum absolute atomic E-state index is 0.0394. The second-order valence-corrected chi connectivity index (χ2v) is 7.70. The molecule has 7 nitrogen and oxygen atoms in total. The van der Waals surface area contributed by atoms with Gasteiger partial charge in [0.2, 0.25) is 11.7 Å². The van der Waals surface area contributed by atoms with Crippen LogP contribution < -0.4 is 0 Å². The molecular formula is C16H15N5O2S2. The van der Waals surface area contributed by atoms with E-state index in [1.165, 1.54) is 11.8 Å². The molecule has 0 spiro atoms. The molecule has 0 aliphatic carbocycles. The van der Waals surface area contributed by atoms with Crippen LogP contribution in [-0.2, 0) is 7.05 Å². The van der Waals surface area contributed by atoms with Crippen molar-refractivity contribution in [3.63, 3.8) is 0 Å². The molecule has 0 aromatic carbocycles. The quantitative estimate of drug-likeness (QED) is 0.481. The van der Waals surface area contributed by atoms with E-state index in [0.29, 0.717) is 11.7 Å². The summed E-state index contributed by atoms with van der Waals surface area (Å²) in [5.41, 5.74) is 0.937. The zero-order valence-electron chi connectivity index (χ0n) is 13.8. The highest BCUT2D eigenvalue weighted by Crippen LogP contribution is 2.35.